The monoisotopic (exact) mass is 378 g/mol. The van der Waals surface area contributed by atoms with E-state index in [2.05, 4.69) is 51.3 Å². The Kier molecular flexibility index (Phi) is 7.37. The number of aliphatic hydroxyl groups excluding tert-OH is 1. The first-order valence-corrected chi connectivity index (χ1v) is 9.26. The van der Waals surface area contributed by atoms with E-state index in [1.165, 1.54) is 17.3 Å². The third kappa shape index (κ3) is 5.50. The number of aromatic nitrogens is 2. The Bertz CT molecular complexity index is 763. The molecular formula is C19H24ClN2O2P. The summed E-state index contributed by atoms with van der Waals surface area (Å²) in [6.07, 6.45) is 5.25. The van der Waals surface area contributed by atoms with E-state index in [9.17, 15) is 5.11 Å². The van der Waals surface area contributed by atoms with Crippen LogP contribution in [-0.2, 0) is 6.61 Å². The van der Waals surface area contributed by atoms with Crippen LogP contribution in [0.3, 0.4) is 0 Å². The highest BCUT2D eigenvalue weighted by atomic mass is 35.5. The fourth-order valence-electron chi connectivity index (χ4n) is 2.44. The number of hydrogen-bond donors (Lipinski definition) is 1. The number of unbranched alkanes of at least 4 members (excludes halogenated alkanes) is 1. The summed E-state index contributed by atoms with van der Waals surface area (Å²) in [6, 6.07) is 6.22. The van der Waals surface area contributed by atoms with Crippen LogP contribution in [0.5, 0.6) is 5.88 Å². The molecule has 0 fully saturated rings. The van der Waals surface area contributed by atoms with Gasteiger partial charge in [0.1, 0.15) is 6.61 Å². The fraction of sp³-hybridized carbons (Fsp3) is 0.368. The highest BCUT2D eigenvalue weighted by Crippen LogP contribution is 2.24. The Hall–Kier alpha value is -1.48. The molecule has 1 heterocycles. The molecule has 25 heavy (non-hydrogen) atoms. The van der Waals surface area contributed by atoms with Gasteiger partial charge in [-0.15, -0.1) is 9.24 Å². The lowest BCUT2D eigenvalue weighted by Gasteiger charge is -2.13. The average Bonchev–Trinajstić information content (AvgIpc) is 2.57. The molecule has 0 radical (unpaired) electrons. The number of ether oxygens (including phenoxy) is 1. The van der Waals surface area contributed by atoms with Crippen LogP contribution in [0.1, 0.15) is 56.4 Å². The van der Waals surface area contributed by atoms with E-state index in [4.69, 9.17) is 16.3 Å². The van der Waals surface area contributed by atoms with Gasteiger partial charge in [0, 0.05) is 6.20 Å². The molecule has 134 valence electrons. The summed E-state index contributed by atoms with van der Waals surface area (Å²) in [6.45, 7) is 6.28. The van der Waals surface area contributed by atoms with E-state index >= 15 is 0 Å². The summed E-state index contributed by atoms with van der Waals surface area (Å²) >= 11 is 5.83. The Morgan fingerprint density at radius 1 is 1.44 bits per heavy atom. The summed E-state index contributed by atoms with van der Waals surface area (Å²) in [5.74, 6) is 0.309. The molecular weight excluding hydrogens is 355 g/mol. The van der Waals surface area contributed by atoms with Gasteiger partial charge in [0.15, 0.2) is 0 Å². The molecule has 1 N–H and O–H groups in total. The molecule has 6 heteroatoms. The first-order chi connectivity index (χ1) is 11.9. The quantitative estimate of drug-likeness (QED) is 0.570. The van der Waals surface area contributed by atoms with Crippen LogP contribution in [0.25, 0.3) is 5.57 Å². The third-order valence-electron chi connectivity index (χ3n) is 3.86. The number of halogens is 1. The van der Waals surface area contributed by atoms with Crippen LogP contribution in [0.2, 0.25) is 5.28 Å². The van der Waals surface area contributed by atoms with Gasteiger partial charge in [0.05, 0.1) is 11.7 Å². The van der Waals surface area contributed by atoms with E-state index in [-0.39, 0.29) is 5.28 Å². The minimum absolute atomic E-state index is 0.0955. The van der Waals surface area contributed by atoms with Gasteiger partial charge in [0.2, 0.25) is 11.2 Å². The van der Waals surface area contributed by atoms with Crippen molar-refractivity contribution in [3.05, 3.63) is 52.4 Å². The molecule has 2 unspecified atom stereocenters. The summed E-state index contributed by atoms with van der Waals surface area (Å²) in [7, 11) is 2.78. The van der Waals surface area contributed by atoms with Crippen molar-refractivity contribution in [3.8, 4) is 5.88 Å². The zero-order chi connectivity index (χ0) is 18.4. The minimum atomic E-state index is -0.724. The molecule has 0 spiro atoms. The van der Waals surface area contributed by atoms with Crippen molar-refractivity contribution in [1.29, 1.82) is 0 Å². The highest BCUT2D eigenvalue weighted by molar-refractivity contribution is 7.27. The van der Waals surface area contributed by atoms with Gasteiger partial charge in [0.25, 0.3) is 0 Å². The zero-order valence-corrected chi connectivity index (χ0v) is 16.7. The number of aliphatic hydroxyl groups is 1. The lowest BCUT2D eigenvalue weighted by molar-refractivity contribution is 0.187. The maximum atomic E-state index is 9.79. The van der Waals surface area contributed by atoms with Gasteiger partial charge in [-0.2, -0.15) is 4.98 Å². The molecule has 1 aromatic carbocycles. The van der Waals surface area contributed by atoms with Gasteiger partial charge < -0.3 is 9.84 Å². The van der Waals surface area contributed by atoms with Gasteiger partial charge in [-0.1, -0.05) is 31.6 Å². The van der Waals surface area contributed by atoms with Gasteiger partial charge >= 0.3 is 0 Å². The minimum Gasteiger partial charge on any atom is -0.472 e. The second-order valence-electron chi connectivity index (χ2n) is 5.96. The maximum Gasteiger partial charge on any atom is 0.225 e. The molecule has 0 aliphatic carbocycles. The van der Waals surface area contributed by atoms with Crippen molar-refractivity contribution >= 4 is 31.7 Å². The van der Waals surface area contributed by atoms with Crippen molar-refractivity contribution in [2.75, 3.05) is 0 Å². The topological polar surface area (TPSA) is 55.2 Å². The molecule has 2 atom stereocenters. The zero-order valence-electron chi connectivity index (χ0n) is 14.8. The summed E-state index contributed by atoms with van der Waals surface area (Å²) in [4.78, 5) is 7.96. The number of nitrogens with zero attached hydrogens (tertiary/aromatic N) is 2. The Morgan fingerprint density at radius 3 is 2.84 bits per heavy atom. The lowest BCUT2D eigenvalue weighted by Crippen LogP contribution is -2.07. The molecule has 0 aliphatic heterocycles. The van der Waals surface area contributed by atoms with Crippen LogP contribution in [0.4, 0.5) is 0 Å². The molecule has 0 saturated carbocycles. The fourth-order valence-corrected chi connectivity index (χ4v) is 3.10. The number of rotatable bonds is 7. The molecule has 4 nitrogen and oxygen atoms in total. The van der Waals surface area contributed by atoms with Gasteiger partial charge in [-0.3, -0.25) is 0 Å². The van der Waals surface area contributed by atoms with Crippen molar-refractivity contribution in [2.45, 2.75) is 46.3 Å². The van der Waals surface area contributed by atoms with E-state index in [0.717, 1.165) is 23.7 Å². The lowest BCUT2D eigenvalue weighted by atomic mass is 10.0. The highest BCUT2D eigenvalue weighted by Gasteiger charge is 2.13. The number of benzene rings is 1. The molecule has 2 rings (SSSR count). The predicted octanol–water partition coefficient (Wildman–Crippen LogP) is 4.47. The van der Waals surface area contributed by atoms with Crippen LogP contribution in [0, 0.1) is 0 Å². The van der Waals surface area contributed by atoms with Gasteiger partial charge in [-0.05, 0) is 59.9 Å². The predicted molar refractivity (Wildman–Crippen MR) is 106 cm³/mol. The second-order valence-corrected chi connectivity index (χ2v) is 6.92. The van der Waals surface area contributed by atoms with E-state index in [1.54, 1.807) is 6.92 Å². The Labute approximate surface area is 156 Å². The summed E-state index contributed by atoms with van der Waals surface area (Å²) in [5, 5.41) is 11.0. The largest absolute Gasteiger partial charge is 0.472 e. The van der Waals surface area contributed by atoms with E-state index in [1.807, 2.05) is 6.07 Å². The number of hydrogen-bond acceptors (Lipinski definition) is 4. The van der Waals surface area contributed by atoms with Crippen LogP contribution in [0.15, 0.2) is 30.5 Å². The first kappa shape index (κ1) is 19.8. The Balaban J connectivity index is 2.15. The number of allylic oxidation sites excluding steroid dienone is 2. The first-order valence-electron chi connectivity index (χ1n) is 8.31. The smallest absolute Gasteiger partial charge is 0.225 e. The third-order valence-corrected chi connectivity index (χ3v) is 4.52. The van der Waals surface area contributed by atoms with Crippen LogP contribution in [-0.4, -0.2) is 15.1 Å². The van der Waals surface area contributed by atoms with Crippen LogP contribution < -0.4 is 10.0 Å². The van der Waals surface area contributed by atoms with Crippen molar-refractivity contribution in [2.24, 2.45) is 0 Å². The standard InChI is InChI=1S/C19H24ClN2O2P/c1-4-5-6-12(2)15-8-7-14(9-17(15)25)11-24-18-16(13(3)23)10-21-19(20)22-18/h6-10,13,23H,4-5,11,25H2,1-3H3. The SMILES string of the molecule is CCCC=C(C)c1ccc(COc2nc(Cl)ncc2C(C)O)cc1P. The maximum absolute atomic E-state index is 9.79. The molecule has 1 aromatic heterocycles. The Morgan fingerprint density at radius 2 is 2.20 bits per heavy atom. The normalized spacial score (nSPS) is 13.0. The summed E-state index contributed by atoms with van der Waals surface area (Å²) < 4.78 is 5.77. The van der Waals surface area contributed by atoms with E-state index in [0.29, 0.717) is 18.1 Å². The molecule has 2 aromatic rings. The van der Waals surface area contributed by atoms with Crippen molar-refractivity contribution in [1.82, 2.24) is 9.97 Å². The van der Waals surface area contributed by atoms with Gasteiger partial charge in [-0.25, -0.2) is 4.98 Å². The summed E-state index contributed by atoms with van der Waals surface area (Å²) in [5.41, 5.74) is 4.03. The molecule has 0 aliphatic rings. The molecule has 0 amide bonds. The van der Waals surface area contributed by atoms with Crippen LogP contribution >= 0.6 is 20.8 Å². The van der Waals surface area contributed by atoms with E-state index < -0.39 is 6.10 Å². The van der Waals surface area contributed by atoms with Crippen molar-refractivity contribution < 1.29 is 9.84 Å². The molecule has 0 saturated heterocycles. The van der Waals surface area contributed by atoms with Crippen molar-refractivity contribution in [3.63, 3.8) is 0 Å². The molecule has 0 bridgehead atoms. The second kappa shape index (κ2) is 9.28. The average molecular weight is 379 g/mol.